The minimum absolute atomic E-state index is 0.254. The molecule has 0 saturated carbocycles. The molecule has 2 N–H and O–H groups in total. The highest BCUT2D eigenvalue weighted by Gasteiger charge is 2.26. The highest BCUT2D eigenvalue weighted by atomic mass is 32.1. The first-order valence-electron chi connectivity index (χ1n) is 9.90. The highest BCUT2D eigenvalue weighted by Crippen LogP contribution is 2.37. The van der Waals surface area contributed by atoms with Crippen molar-refractivity contribution in [2.45, 2.75) is 46.1 Å². The summed E-state index contributed by atoms with van der Waals surface area (Å²) >= 11 is 1.54. The maximum Gasteiger partial charge on any atom is 0.251 e. The second-order valence-corrected chi connectivity index (χ2v) is 8.11. The van der Waals surface area contributed by atoms with Gasteiger partial charge in [0.25, 0.3) is 5.91 Å². The number of ether oxygens (including phenoxy) is 2. The number of carbonyl (C=O) groups is 1. The largest absolute Gasteiger partial charge is 0.454 e. The van der Waals surface area contributed by atoms with Gasteiger partial charge in [0.2, 0.25) is 6.79 Å². The number of benzene rings is 1. The van der Waals surface area contributed by atoms with E-state index in [4.69, 9.17) is 15.2 Å². The molecule has 0 spiro atoms. The molecule has 1 aliphatic rings. The van der Waals surface area contributed by atoms with E-state index < -0.39 is 5.91 Å². The fourth-order valence-corrected chi connectivity index (χ4v) is 4.62. The molecule has 1 aliphatic heterocycles. The molecule has 29 heavy (non-hydrogen) atoms. The Labute approximate surface area is 174 Å². The Hall–Kier alpha value is -2.80. The SMILES string of the molecule is CCCCCc1c(-c2nccs2)c(C(N)=O)c(C)n1Cc1ccc2c(c1)OCO2. The van der Waals surface area contributed by atoms with Gasteiger partial charge in [0.05, 0.1) is 5.56 Å². The van der Waals surface area contributed by atoms with Crippen LogP contribution in [0.1, 0.15) is 53.5 Å². The molecule has 1 amide bonds. The number of hydrogen-bond acceptors (Lipinski definition) is 5. The zero-order valence-corrected chi connectivity index (χ0v) is 17.6. The Bertz CT molecular complexity index is 1020. The van der Waals surface area contributed by atoms with Crippen molar-refractivity contribution in [3.05, 3.63) is 52.3 Å². The molecule has 4 rings (SSSR count). The van der Waals surface area contributed by atoms with Gasteiger partial charge in [0, 0.05) is 35.1 Å². The number of nitrogens with zero attached hydrogens (tertiary/aromatic N) is 2. The second-order valence-electron chi connectivity index (χ2n) is 7.21. The molecule has 0 bridgehead atoms. The molecule has 0 fully saturated rings. The van der Waals surface area contributed by atoms with E-state index in [1.807, 2.05) is 30.5 Å². The van der Waals surface area contributed by atoms with Crippen LogP contribution in [0.3, 0.4) is 0 Å². The Morgan fingerprint density at radius 3 is 2.83 bits per heavy atom. The van der Waals surface area contributed by atoms with E-state index in [-0.39, 0.29) is 6.79 Å². The molecule has 3 heterocycles. The average molecular weight is 412 g/mol. The monoisotopic (exact) mass is 411 g/mol. The fraction of sp³-hybridized carbons (Fsp3) is 0.364. The molecule has 0 saturated heterocycles. The standard InChI is InChI=1S/C22H25N3O3S/c1-3-4-5-6-16-20(22-24-9-10-29-22)19(21(23)26)14(2)25(16)12-15-7-8-17-18(11-15)28-13-27-17/h7-11H,3-6,12-13H2,1-2H3,(H2,23,26). The Kier molecular flexibility index (Phi) is 5.58. The number of carbonyl (C=O) groups excluding carboxylic acids is 1. The number of fused-ring (bicyclic) bond motifs is 1. The second kappa shape index (κ2) is 8.29. The first-order chi connectivity index (χ1) is 14.1. The van der Waals surface area contributed by atoms with Crippen molar-refractivity contribution in [1.82, 2.24) is 9.55 Å². The molecule has 2 aromatic heterocycles. The summed E-state index contributed by atoms with van der Waals surface area (Å²) in [5, 5.41) is 2.78. The smallest absolute Gasteiger partial charge is 0.251 e. The van der Waals surface area contributed by atoms with Gasteiger partial charge >= 0.3 is 0 Å². The molecule has 7 heteroatoms. The van der Waals surface area contributed by atoms with E-state index in [1.54, 1.807) is 6.20 Å². The van der Waals surface area contributed by atoms with Gasteiger partial charge in [-0.05, 0) is 37.5 Å². The highest BCUT2D eigenvalue weighted by molar-refractivity contribution is 7.13. The van der Waals surface area contributed by atoms with Crippen LogP contribution in [-0.2, 0) is 13.0 Å². The van der Waals surface area contributed by atoms with Gasteiger partial charge in [0.15, 0.2) is 11.5 Å². The Morgan fingerprint density at radius 2 is 2.10 bits per heavy atom. The predicted octanol–water partition coefficient (Wildman–Crippen LogP) is 4.53. The number of aromatic nitrogens is 2. The van der Waals surface area contributed by atoms with Crippen molar-refractivity contribution >= 4 is 17.2 Å². The summed E-state index contributed by atoms with van der Waals surface area (Å²) in [5.41, 5.74) is 10.4. The van der Waals surface area contributed by atoms with Crippen LogP contribution < -0.4 is 15.2 Å². The third-order valence-corrected chi connectivity index (χ3v) is 6.11. The first kappa shape index (κ1) is 19.5. The van der Waals surface area contributed by atoms with Gasteiger partial charge in [-0.1, -0.05) is 25.8 Å². The zero-order chi connectivity index (χ0) is 20.4. The maximum absolute atomic E-state index is 12.4. The van der Waals surface area contributed by atoms with E-state index >= 15 is 0 Å². The van der Waals surface area contributed by atoms with Gasteiger partial charge in [-0.15, -0.1) is 11.3 Å². The Morgan fingerprint density at radius 1 is 1.28 bits per heavy atom. The number of primary amides is 1. The van der Waals surface area contributed by atoms with E-state index in [0.29, 0.717) is 12.1 Å². The van der Waals surface area contributed by atoms with Crippen molar-refractivity contribution in [1.29, 1.82) is 0 Å². The summed E-state index contributed by atoms with van der Waals surface area (Å²) in [6, 6.07) is 5.98. The van der Waals surface area contributed by atoms with Gasteiger partial charge in [-0.2, -0.15) is 0 Å². The topological polar surface area (TPSA) is 79.4 Å². The van der Waals surface area contributed by atoms with Crippen molar-refractivity contribution in [2.75, 3.05) is 6.79 Å². The van der Waals surface area contributed by atoms with Gasteiger partial charge in [-0.25, -0.2) is 4.98 Å². The lowest BCUT2D eigenvalue weighted by Gasteiger charge is -2.13. The molecule has 0 aliphatic carbocycles. The van der Waals surface area contributed by atoms with Crippen molar-refractivity contribution in [3.8, 4) is 22.1 Å². The third-order valence-electron chi connectivity index (χ3n) is 5.32. The predicted molar refractivity (Wildman–Crippen MR) is 114 cm³/mol. The van der Waals surface area contributed by atoms with Crippen LogP contribution in [0, 0.1) is 6.92 Å². The summed E-state index contributed by atoms with van der Waals surface area (Å²) in [6.45, 7) is 5.04. The van der Waals surface area contributed by atoms with Crippen LogP contribution in [0.5, 0.6) is 11.5 Å². The Balaban J connectivity index is 1.81. The molecule has 152 valence electrons. The van der Waals surface area contributed by atoms with Gasteiger partial charge in [0.1, 0.15) is 5.01 Å². The van der Waals surface area contributed by atoms with Crippen LogP contribution >= 0.6 is 11.3 Å². The van der Waals surface area contributed by atoms with E-state index in [1.165, 1.54) is 11.3 Å². The number of nitrogens with two attached hydrogens (primary N) is 1. The van der Waals surface area contributed by atoms with Crippen molar-refractivity contribution < 1.29 is 14.3 Å². The van der Waals surface area contributed by atoms with E-state index in [2.05, 4.69) is 16.5 Å². The van der Waals surface area contributed by atoms with Crippen LogP contribution in [0.2, 0.25) is 0 Å². The van der Waals surface area contributed by atoms with Crippen LogP contribution in [0.4, 0.5) is 0 Å². The van der Waals surface area contributed by atoms with Crippen LogP contribution in [0.25, 0.3) is 10.6 Å². The third kappa shape index (κ3) is 3.74. The lowest BCUT2D eigenvalue weighted by Crippen LogP contribution is -2.13. The molecule has 1 aromatic carbocycles. The first-order valence-corrected chi connectivity index (χ1v) is 10.8. The number of hydrogen-bond donors (Lipinski definition) is 1. The van der Waals surface area contributed by atoms with Crippen molar-refractivity contribution in [2.24, 2.45) is 5.73 Å². The molecular formula is C22H25N3O3S. The summed E-state index contributed by atoms with van der Waals surface area (Å²) in [4.78, 5) is 16.9. The molecule has 0 radical (unpaired) electrons. The number of rotatable bonds is 8. The lowest BCUT2D eigenvalue weighted by molar-refractivity contribution is 0.1000. The summed E-state index contributed by atoms with van der Waals surface area (Å²) in [6.07, 6.45) is 5.97. The van der Waals surface area contributed by atoms with Gasteiger partial charge < -0.3 is 19.8 Å². The molecule has 0 unspecified atom stereocenters. The quantitative estimate of drug-likeness (QED) is 0.552. The summed E-state index contributed by atoms with van der Waals surface area (Å²) < 4.78 is 13.2. The molecular weight excluding hydrogens is 386 g/mol. The van der Waals surface area contributed by atoms with Crippen LogP contribution in [-0.4, -0.2) is 22.3 Å². The van der Waals surface area contributed by atoms with Gasteiger partial charge in [-0.3, -0.25) is 4.79 Å². The number of thiazole rings is 1. The molecule has 3 aromatic rings. The summed E-state index contributed by atoms with van der Waals surface area (Å²) in [7, 11) is 0. The number of unbranched alkanes of at least 4 members (excludes halogenated alkanes) is 2. The molecule has 6 nitrogen and oxygen atoms in total. The van der Waals surface area contributed by atoms with Crippen LogP contribution in [0.15, 0.2) is 29.8 Å². The average Bonchev–Trinajstić information content (AvgIpc) is 3.43. The van der Waals surface area contributed by atoms with Crippen molar-refractivity contribution in [3.63, 3.8) is 0 Å². The van der Waals surface area contributed by atoms with E-state index in [9.17, 15) is 4.79 Å². The number of amides is 1. The normalized spacial score (nSPS) is 12.5. The lowest BCUT2D eigenvalue weighted by atomic mass is 10.0. The zero-order valence-electron chi connectivity index (χ0n) is 16.7. The summed E-state index contributed by atoms with van der Waals surface area (Å²) in [5.74, 6) is 1.12. The fourth-order valence-electron chi connectivity index (χ4n) is 3.91. The van der Waals surface area contributed by atoms with E-state index in [0.717, 1.165) is 64.7 Å². The minimum atomic E-state index is -0.408. The maximum atomic E-state index is 12.4. The molecule has 0 atom stereocenters. The minimum Gasteiger partial charge on any atom is -0.454 e.